The molecule has 1 fully saturated rings. The number of aromatic nitrogens is 2. The van der Waals surface area contributed by atoms with E-state index in [4.69, 9.17) is 5.11 Å². The van der Waals surface area contributed by atoms with Gasteiger partial charge in [0.05, 0.1) is 6.42 Å². The smallest absolute Gasteiger partial charge is 0.303 e. The van der Waals surface area contributed by atoms with Crippen LogP contribution in [0.3, 0.4) is 0 Å². The number of rotatable bonds is 3. The van der Waals surface area contributed by atoms with E-state index in [2.05, 4.69) is 9.97 Å². The molecule has 0 spiro atoms. The fourth-order valence-corrected chi connectivity index (χ4v) is 1.86. The second kappa shape index (κ2) is 3.96. The molecule has 2 N–H and O–H groups in total. The Labute approximate surface area is 91.9 Å². The number of nitrogens with zero attached hydrogens (tertiary/aromatic N) is 2. The van der Waals surface area contributed by atoms with Gasteiger partial charge in [-0.15, -0.1) is 0 Å². The average Bonchev–Trinajstić information content (AvgIpc) is 2.08. The molecule has 1 aromatic rings. The van der Waals surface area contributed by atoms with E-state index < -0.39 is 5.97 Å². The van der Waals surface area contributed by atoms with Gasteiger partial charge < -0.3 is 15.0 Å². The maximum Gasteiger partial charge on any atom is 0.303 e. The molecular formula is C10H13N3O3. The first kappa shape index (κ1) is 10.7. The average molecular weight is 223 g/mol. The minimum Gasteiger partial charge on any atom is -0.481 e. The molecule has 1 aromatic heterocycles. The minimum atomic E-state index is -0.778. The van der Waals surface area contributed by atoms with E-state index in [1.54, 1.807) is 6.92 Å². The maximum atomic E-state index is 11.2. The van der Waals surface area contributed by atoms with Crippen molar-refractivity contribution in [3.63, 3.8) is 0 Å². The van der Waals surface area contributed by atoms with Gasteiger partial charge >= 0.3 is 5.97 Å². The Balaban J connectivity index is 2.01. The van der Waals surface area contributed by atoms with Crippen molar-refractivity contribution in [2.45, 2.75) is 13.3 Å². The molecule has 6 heteroatoms. The molecule has 0 bridgehead atoms. The second-order valence-corrected chi connectivity index (χ2v) is 4.06. The lowest BCUT2D eigenvalue weighted by molar-refractivity contribution is -0.138. The lowest BCUT2D eigenvalue weighted by atomic mass is 9.96. The summed E-state index contributed by atoms with van der Waals surface area (Å²) in [5, 5.41) is 8.60. The van der Waals surface area contributed by atoms with Crippen LogP contribution in [0.25, 0.3) is 0 Å². The lowest BCUT2D eigenvalue weighted by Gasteiger charge is -2.39. The number of carboxylic acids is 1. The van der Waals surface area contributed by atoms with E-state index in [1.165, 1.54) is 6.07 Å². The Bertz CT molecular complexity index is 463. The molecule has 1 saturated heterocycles. The molecule has 0 saturated carbocycles. The van der Waals surface area contributed by atoms with Gasteiger partial charge in [0, 0.05) is 25.1 Å². The van der Waals surface area contributed by atoms with E-state index in [-0.39, 0.29) is 17.9 Å². The van der Waals surface area contributed by atoms with Crippen LogP contribution in [-0.4, -0.2) is 34.1 Å². The Morgan fingerprint density at radius 3 is 2.94 bits per heavy atom. The van der Waals surface area contributed by atoms with Crippen molar-refractivity contribution in [2.24, 2.45) is 5.92 Å². The summed E-state index contributed by atoms with van der Waals surface area (Å²) in [4.78, 5) is 30.3. The maximum absolute atomic E-state index is 11.2. The van der Waals surface area contributed by atoms with Crippen molar-refractivity contribution in [3.05, 3.63) is 22.2 Å². The van der Waals surface area contributed by atoms with Crippen molar-refractivity contribution >= 4 is 11.8 Å². The van der Waals surface area contributed by atoms with Crippen LogP contribution in [0.5, 0.6) is 0 Å². The van der Waals surface area contributed by atoms with Crippen molar-refractivity contribution in [1.29, 1.82) is 0 Å². The zero-order chi connectivity index (χ0) is 11.7. The summed E-state index contributed by atoms with van der Waals surface area (Å²) in [6.07, 6.45) is 0.179. The number of H-pyrrole nitrogens is 1. The number of aliphatic carboxylic acids is 1. The van der Waals surface area contributed by atoms with Crippen LogP contribution in [0.2, 0.25) is 0 Å². The van der Waals surface area contributed by atoms with Gasteiger partial charge in [-0.3, -0.25) is 9.59 Å². The molecule has 0 aliphatic carbocycles. The minimum absolute atomic E-state index is 0.166. The zero-order valence-electron chi connectivity index (χ0n) is 8.93. The molecule has 0 radical (unpaired) electrons. The molecule has 0 amide bonds. The molecule has 0 aromatic carbocycles. The van der Waals surface area contributed by atoms with Gasteiger partial charge in [-0.05, 0) is 6.92 Å². The molecule has 1 aliphatic rings. The Hall–Kier alpha value is -1.85. The largest absolute Gasteiger partial charge is 0.481 e. The topological polar surface area (TPSA) is 86.3 Å². The normalized spacial score (nSPS) is 15.9. The Kier molecular flexibility index (Phi) is 2.64. The van der Waals surface area contributed by atoms with Gasteiger partial charge in [0.25, 0.3) is 5.56 Å². The van der Waals surface area contributed by atoms with Gasteiger partial charge in [0.1, 0.15) is 11.6 Å². The molecule has 2 heterocycles. The summed E-state index contributed by atoms with van der Waals surface area (Å²) < 4.78 is 0. The SMILES string of the molecule is Cc1nc(N2CC(CC(=O)O)C2)cc(=O)[nH]1. The summed E-state index contributed by atoms with van der Waals surface area (Å²) in [7, 11) is 0. The fraction of sp³-hybridized carbons (Fsp3) is 0.500. The van der Waals surface area contributed by atoms with Crippen LogP contribution in [0.4, 0.5) is 5.82 Å². The van der Waals surface area contributed by atoms with Gasteiger partial charge in [0.2, 0.25) is 0 Å². The van der Waals surface area contributed by atoms with Crippen LogP contribution in [0, 0.1) is 12.8 Å². The molecule has 0 atom stereocenters. The number of nitrogens with one attached hydrogen (secondary N) is 1. The van der Waals surface area contributed by atoms with Gasteiger partial charge in [-0.2, -0.15) is 0 Å². The third kappa shape index (κ3) is 2.21. The first-order valence-corrected chi connectivity index (χ1v) is 5.09. The lowest BCUT2D eigenvalue weighted by Crippen LogP contribution is -2.48. The highest BCUT2D eigenvalue weighted by Gasteiger charge is 2.29. The number of aromatic amines is 1. The number of hydrogen-bond acceptors (Lipinski definition) is 4. The van der Waals surface area contributed by atoms with Crippen LogP contribution in [0.1, 0.15) is 12.2 Å². The van der Waals surface area contributed by atoms with Crippen molar-refractivity contribution in [2.75, 3.05) is 18.0 Å². The first-order valence-electron chi connectivity index (χ1n) is 5.09. The monoisotopic (exact) mass is 223 g/mol. The van der Waals surface area contributed by atoms with Crippen LogP contribution in [0.15, 0.2) is 10.9 Å². The molecule has 6 nitrogen and oxygen atoms in total. The summed E-state index contributed by atoms with van der Waals surface area (Å²) >= 11 is 0. The molecule has 1 aliphatic heterocycles. The van der Waals surface area contributed by atoms with Crippen molar-refractivity contribution in [1.82, 2.24) is 9.97 Å². The van der Waals surface area contributed by atoms with E-state index in [9.17, 15) is 9.59 Å². The van der Waals surface area contributed by atoms with Crippen LogP contribution >= 0.6 is 0 Å². The van der Waals surface area contributed by atoms with Gasteiger partial charge in [-0.25, -0.2) is 4.98 Å². The number of carbonyl (C=O) groups is 1. The molecule has 2 rings (SSSR count). The molecular weight excluding hydrogens is 210 g/mol. The van der Waals surface area contributed by atoms with Gasteiger partial charge in [-0.1, -0.05) is 0 Å². The summed E-state index contributed by atoms with van der Waals surface area (Å²) in [6, 6.07) is 1.43. The Morgan fingerprint density at radius 1 is 1.69 bits per heavy atom. The van der Waals surface area contributed by atoms with Crippen molar-refractivity contribution in [3.8, 4) is 0 Å². The zero-order valence-corrected chi connectivity index (χ0v) is 8.93. The van der Waals surface area contributed by atoms with E-state index >= 15 is 0 Å². The number of carboxylic acid groups (broad SMARTS) is 1. The quantitative estimate of drug-likeness (QED) is 0.752. The van der Waals surface area contributed by atoms with Gasteiger partial charge in [0.15, 0.2) is 0 Å². The Morgan fingerprint density at radius 2 is 2.38 bits per heavy atom. The predicted octanol–water partition coefficient (Wildman–Crippen LogP) is -0.0108. The highest BCUT2D eigenvalue weighted by molar-refractivity contribution is 5.67. The second-order valence-electron chi connectivity index (χ2n) is 4.06. The number of hydrogen-bond donors (Lipinski definition) is 2. The number of anilines is 1. The summed E-state index contributed by atoms with van der Waals surface area (Å²) in [5.41, 5.74) is -0.177. The summed E-state index contributed by atoms with van der Waals surface area (Å²) in [5.74, 6) is 0.589. The molecule has 0 unspecified atom stereocenters. The highest BCUT2D eigenvalue weighted by atomic mass is 16.4. The van der Waals surface area contributed by atoms with Crippen LogP contribution < -0.4 is 10.5 Å². The molecule has 86 valence electrons. The highest BCUT2D eigenvalue weighted by Crippen LogP contribution is 2.23. The number of aryl methyl sites for hydroxylation is 1. The van der Waals surface area contributed by atoms with E-state index in [0.29, 0.717) is 24.7 Å². The van der Waals surface area contributed by atoms with E-state index in [1.807, 2.05) is 4.90 Å². The predicted molar refractivity (Wildman–Crippen MR) is 57.6 cm³/mol. The van der Waals surface area contributed by atoms with E-state index in [0.717, 1.165) is 0 Å². The first-order chi connectivity index (χ1) is 7.54. The standard InChI is InChI=1S/C10H13N3O3/c1-6-11-8(3-9(14)12-6)13-4-7(5-13)2-10(15)16/h3,7H,2,4-5H2,1H3,(H,15,16)(H,11,12,14). The van der Waals surface area contributed by atoms with Crippen LogP contribution in [-0.2, 0) is 4.79 Å². The third-order valence-electron chi connectivity index (χ3n) is 2.59. The third-order valence-corrected chi connectivity index (χ3v) is 2.59. The van der Waals surface area contributed by atoms with Crippen molar-refractivity contribution < 1.29 is 9.90 Å². The molecule has 16 heavy (non-hydrogen) atoms. The fourth-order valence-electron chi connectivity index (χ4n) is 1.86. The summed E-state index contributed by atoms with van der Waals surface area (Å²) in [6.45, 7) is 3.03.